The molecule has 1 nitrogen and oxygen atoms in total. The van der Waals surface area contributed by atoms with Crippen LogP contribution in [-0.4, -0.2) is 7.05 Å². The lowest BCUT2D eigenvalue weighted by Gasteiger charge is -2.20. The average Bonchev–Trinajstić information content (AvgIpc) is 2.89. The maximum absolute atomic E-state index is 3.48. The smallest absolute Gasteiger partial charge is 0.0591 e. The number of hydrogen-bond acceptors (Lipinski definition) is 2. The predicted molar refractivity (Wildman–Crippen MR) is 88.6 cm³/mol. The summed E-state index contributed by atoms with van der Waals surface area (Å²) < 4.78 is 0. The molecule has 1 unspecified atom stereocenters. The molecule has 1 heterocycles. The van der Waals surface area contributed by atoms with Gasteiger partial charge in [0.05, 0.1) is 6.04 Å². The fraction of sp³-hybridized carbons (Fsp3) is 0.222. The summed E-state index contributed by atoms with van der Waals surface area (Å²) in [4.78, 5) is 0. The van der Waals surface area contributed by atoms with E-state index in [1.807, 2.05) is 7.05 Å². The van der Waals surface area contributed by atoms with Crippen LogP contribution >= 0.6 is 11.3 Å². The molecule has 1 N–H and O–H groups in total. The summed E-state index contributed by atoms with van der Waals surface area (Å²) in [5.74, 6) is 0. The normalized spacial score (nSPS) is 12.8. The number of thiophene rings is 1. The van der Waals surface area contributed by atoms with E-state index in [4.69, 9.17) is 0 Å². The molecule has 102 valence electrons. The monoisotopic (exact) mass is 281 g/mol. The summed E-state index contributed by atoms with van der Waals surface area (Å²) in [6, 6.07) is 13.4. The first-order valence-electron chi connectivity index (χ1n) is 6.90. The van der Waals surface area contributed by atoms with Crippen LogP contribution in [0.25, 0.3) is 10.8 Å². The quantitative estimate of drug-likeness (QED) is 0.725. The highest BCUT2D eigenvalue weighted by atomic mass is 32.1. The molecule has 0 spiro atoms. The summed E-state index contributed by atoms with van der Waals surface area (Å²) in [5, 5.41) is 10.6. The summed E-state index contributed by atoms with van der Waals surface area (Å²) in [6.07, 6.45) is 0. The van der Waals surface area contributed by atoms with Crippen molar-refractivity contribution in [2.24, 2.45) is 0 Å². The van der Waals surface area contributed by atoms with Crippen LogP contribution in [0.4, 0.5) is 0 Å². The molecule has 0 fully saturated rings. The molecule has 0 amide bonds. The molecule has 1 aromatic heterocycles. The van der Waals surface area contributed by atoms with Gasteiger partial charge in [0.15, 0.2) is 0 Å². The second-order valence-electron chi connectivity index (χ2n) is 5.25. The second kappa shape index (κ2) is 5.39. The molecule has 20 heavy (non-hydrogen) atoms. The van der Waals surface area contributed by atoms with Crippen molar-refractivity contribution < 1.29 is 0 Å². The zero-order valence-electron chi connectivity index (χ0n) is 12.1. The third-order valence-corrected chi connectivity index (χ3v) is 4.86. The Labute approximate surface area is 124 Å². The highest BCUT2D eigenvalue weighted by Gasteiger charge is 2.17. The van der Waals surface area contributed by atoms with E-state index in [9.17, 15) is 0 Å². The van der Waals surface area contributed by atoms with E-state index in [0.717, 1.165) is 0 Å². The molecular weight excluding hydrogens is 262 g/mol. The van der Waals surface area contributed by atoms with E-state index in [1.165, 1.54) is 33.0 Å². The Morgan fingerprint density at radius 2 is 1.60 bits per heavy atom. The first-order chi connectivity index (χ1) is 9.72. The molecule has 0 aliphatic heterocycles. The highest BCUT2D eigenvalue weighted by Crippen LogP contribution is 2.33. The fourth-order valence-electron chi connectivity index (χ4n) is 2.87. The zero-order valence-corrected chi connectivity index (χ0v) is 12.9. The van der Waals surface area contributed by atoms with Gasteiger partial charge in [-0.1, -0.05) is 36.4 Å². The fourth-order valence-corrected chi connectivity index (χ4v) is 3.75. The van der Waals surface area contributed by atoms with Crippen molar-refractivity contribution in [3.05, 3.63) is 69.4 Å². The Hall–Kier alpha value is -1.64. The lowest BCUT2D eigenvalue weighted by molar-refractivity contribution is 0.695. The molecule has 0 bridgehead atoms. The summed E-state index contributed by atoms with van der Waals surface area (Å²) in [6.45, 7) is 4.36. The Kier molecular flexibility index (Phi) is 3.60. The Morgan fingerprint density at radius 1 is 0.850 bits per heavy atom. The van der Waals surface area contributed by atoms with Gasteiger partial charge in [0.25, 0.3) is 0 Å². The van der Waals surface area contributed by atoms with Gasteiger partial charge in [0.2, 0.25) is 0 Å². The van der Waals surface area contributed by atoms with Gasteiger partial charge in [-0.25, -0.2) is 0 Å². The molecule has 2 aromatic carbocycles. The Balaban J connectivity index is 2.23. The maximum atomic E-state index is 3.48. The van der Waals surface area contributed by atoms with Gasteiger partial charge in [-0.2, -0.15) is 11.3 Å². The molecule has 2 heteroatoms. The van der Waals surface area contributed by atoms with Crippen LogP contribution < -0.4 is 5.32 Å². The molecule has 3 aromatic rings. The lowest BCUT2D eigenvalue weighted by Crippen LogP contribution is -2.18. The van der Waals surface area contributed by atoms with E-state index in [-0.39, 0.29) is 6.04 Å². The third kappa shape index (κ3) is 2.15. The van der Waals surface area contributed by atoms with E-state index in [0.29, 0.717) is 0 Å². The molecule has 1 atom stereocenters. The molecule has 0 radical (unpaired) electrons. The number of rotatable bonds is 3. The summed E-state index contributed by atoms with van der Waals surface area (Å²) in [7, 11) is 2.04. The van der Waals surface area contributed by atoms with Crippen molar-refractivity contribution in [1.82, 2.24) is 5.32 Å². The van der Waals surface area contributed by atoms with E-state index >= 15 is 0 Å². The third-order valence-electron chi connectivity index (χ3n) is 3.98. The van der Waals surface area contributed by atoms with Gasteiger partial charge in [0, 0.05) is 0 Å². The minimum absolute atomic E-state index is 0.256. The van der Waals surface area contributed by atoms with E-state index < -0.39 is 0 Å². The van der Waals surface area contributed by atoms with Crippen LogP contribution in [0.1, 0.15) is 28.3 Å². The summed E-state index contributed by atoms with van der Waals surface area (Å²) >= 11 is 1.77. The van der Waals surface area contributed by atoms with Gasteiger partial charge in [-0.05, 0) is 64.7 Å². The first-order valence-corrected chi connectivity index (χ1v) is 7.85. The number of hydrogen-bond donors (Lipinski definition) is 1. The van der Waals surface area contributed by atoms with Crippen LogP contribution in [0.5, 0.6) is 0 Å². The van der Waals surface area contributed by atoms with Gasteiger partial charge in [-0.3, -0.25) is 0 Å². The number of benzene rings is 2. The maximum Gasteiger partial charge on any atom is 0.0591 e. The predicted octanol–water partition coefficient (Wildman–Crippen LogP) is 4.83. The number of nitrogens with one attached hydrogen (secondary N) is 1. The van der Waals surface area contributed by atoms with Gasteiger partial charge >= 0.3 is 0 Å². The topological polar surface area (TPSA) is 12.0 Å². The van der Waals surface area contributed by atoms with Crippen molar-refractivity contribution in [2.45, 2.75) is 19.9 Å². The number of aryl methyl sites for hydroxylation is 2. The molecule has 0 saturated carbocycles. The molecular formula is C18H19NS. The standard InChI is InChI=1S/C18H19NS/c1-12-8-9-16(15-7-5-4-6-14(12)15)18(19-3)17-11-20-10-13(17)2/h4-11,18-19H,1-3H3. The molecule has 0 aliphatic carbocycles. The van der Waals surface area contributed by atoms with Crippen molar-refractivity contribution >= 4 is 22.1 Å². The molecule has 0 saturated heterocycles. The Morgan fingerprint density at radius 3 is 2.25 bits per heavy atom. The zero-order chi connectivity index (χ0) is 14.1. The number of fused-ring (bicyclic) bond motifs is 1. The van der Waals surface area contributed by atoms with Crippen LogP contribution in [0.15, 0.2) is 47.2 Å². The first kappa shape index (κ1) is 13.3. The SMILES string of the molecule is CNC(c1cscc1C)c1ccc(C)c2ccccc12. The lowest BCUT2D eigenvalue weighted by atomic mass is 9.92. The van der Waals surface area contributed by atoms with E-state index in [2.05, 4.69) is 66.3 Å². The van der Waals surface area contributed by atoms with Crippen LogP contribution in [0.2, 0.25) is 0 Å². The average molecular weight is 281 g/mol. The van der Waals surface area contributed by atoms with Gasteiger partial charge in [0.1, 0.15) is 0 Å². The van der Waals surface area contributed by atoms with Crippen molar-refractivity contribution in [3.63, 3.8) is 0 Å². The minimum Gasteiger partial charge on any atom is -0.309 e. The van der Waals surface area contributed by atoms with Crippen LogP contribution in [0.3, 0.4) is 0 Å². The molecule has 0 aliphatic rings. The summed E-state index contributed by atoms with van der Waals surface area (Å²) in [5.41, 5.74) is 5.43. The Bertz CT molecular complexity index is 742. The minimum atomic E-state index is 0.256. The van der Waals surface area contributed by atoms with Crippen molar-refractivity contribution in [1.29, 1.82) is 0 Å². The highest BCUT2D eigenvalue weighted by molar-refractivity contribution is 7.08. The van der Waals surface area contributed by atoms with Crippen molar-refractivity contribution in [3.8, 4) is 0 Å². The van der Waals surface area contributed by atoms with Gasteiger partial charge < -0.3 is 5.32 Å². The molecule has 3 rings (SSSR count). The van der Waals surface area contributed by atoms with E-state index in [1.54, 1.807) is 11.3 Å². The second-order valence-corrected chi connectivity index (χ2v) is 5.99. The van der Waals surface area contributed by atoms with Crippen LogP contribution in [0, 0.1) is 13.8 Å². The largest absolute Gasteiger partial charge is 0.309 e. The van der Waals surface area contributed by atoms with Crippen LogP contribution in [-0.2, 0) is 0 Å². The van der Waals surface area contributed by atoms with Crippen molar-refractivity contribution in [2.75, 3.05) is 7.05 Å². The van der Waals surface area contributed by atoms with Gasteiger partial charge in [-0.15, -0.1) is 0 Å².